The summed E-state index contributed by atoms with van der Waals surface area (Å²) in [6.07, 6.45) is 2.92. The van der Waals surface area contributed by atoms with E-state index in [2.05, 4.69) is 0 Å². The van der Waals surface area contributed by atoms with Crippen LogP contribution in [0.15, 0.2) is 23.3 Å². The van der Waals surface area contributed by atoms with E-state index in [1.165, 1.54) is 19.1 Å². The van der Waals surface area contributed by atoms with E-state index in [9.17, 15) is 9.59 Å². The van der Waals surface area contributed by atoms with Crippen LogP contribution in [0.2, 0.25) is 0 Å². The number of carboxylic acid groups (broad SMARTS) is 1. The van der Waals surface area contributed by atoms with Gasteiger partial charge in [0.05, 0.1) is 5.57 Å². The highest BCUT2D eigenvalue weighted by Crippen LogP contribution is 2.10. The minimum atomic E-state index is -1.07. The fourth-order valence-electron chi connectivity index (χ4n) is 0.943. The predicted molar refractivity (Wildman–Crippen MR) is 45.8 cm³/mol. The van der Waals surface area contributed by atoms with Crippen LogP contribution in [0.4, 0.5) is 0 Å². The highest BCUT2D eigenvalue weighted by Gasteiger charge is 2.14. The predicted octanol–water partition coefficient (Wildman–Crippen LogP) is 1.55. The van der Waals surface area contributed by atoms with Crippen LogP contribution in [0.3, 0.4) is 0 Å². The SMILES string of the molecule is C/C=C(C(C)=O)\C(=C/C)C(=O)O. The number of carbonyl (C=O) groups excluding carboxylic acids is 1. The maximum atomic E-state index is 10.9. The van der Waals surface area contributed by atoms with Crippen LogP contribution < -0.4 is 0 Å². The zero-order valence-corrected chi connectivity index (χ0v) is 7.42. The van der Waals surface area contributed by atoms with Crippen molar-refractivity contribution >= 4 is 11.8 Å². The second-order valence-electron chi connectivity index (χ2n) is 2.27. The molecule has 0 atom stereocenters. The lowest BCUT2D eigenvalue weighted by atomic mass is 10.0. The Bertz CT molecular complexity index is 231. The van der Waals surface area contributed by atoms with Gasteiger partial charge in [-0.25, -0.2) is 4.79 Å². The molecular weight excluding hydrogens is 156 g/mol. The summed E-state index contributed by atoms with van der Waals surface area (Å²) in [4.78, 5) is 21.5. The monoisotopic (exact) mass is 168 g/mol. The maximum Gasteiger partial charge on any atom is 0.336 e. The molecule has 0 aromatic heterocycles. The fraction of sp³-hybridized carbons (Fsp3) is 0.333. The van der Waals surface area contributed by atoms with Crippen LogP contribution in [-0.2, 0) is 9.59 Å². The highest BCUT2D eigenvalue weighted by atomic mass is 16.4. The van der Waals surface area contributed by atoms with Crippen molar-refractivity contribution in [2.24, 2.45) is 0 Å². The molecule has 12 heavy (non-hydrogen) atoms. The molecule has 0 aliphatic rings. The smallest absolute Gasteiger partial charge is 0.336 e. The molecule has 0 aliphatic carbocycles. The zero-order chi connectivity index (χ0) is 9.72. The maximum absolute atomic E-state index is 10.9. The fourth-order valence-corrected chi connectivity index (χ4v) is 0.943. The average molecular weight is 168 g/mol. The molecule has 0 aromatic carbocycles. The number of hydrogen-bond acceptors (Lipinski definition) is 2. The number of aliphatic carboxylic acids is 1. The molecule has 0 aliphatic heterocycles. The number of ketones is 1. The highest BCUT2D eigenvalue weighted by molar-refractivity contribution is 6.08. The molecule has 0 spiro atoms. The van der Waals surface area contributed by atoms with Gasteiger partial charge in [-0.1, -0.05) is 12.2 Å². The molecule has 1 N–H and O–H groups in total. The largest absolute Gasteiger partial charge is 0.478 e. The van der Waals surface area contributed by atoms with Crippen LogP contribution >= 0.6 is 0 Å². The third kappa shape index (κ3) is 2.34. The van der Waals surface area contributed by atoms with E-state index in [-0.39, 0.29) is 16.9 Å². The van der Waals surface area contributed by atoms with Crippen molar-refractivity contribution in [2.75, 3.05) is 0 Å². The standard InChI is InChI=1S/C9H12O3/c1-4-7(6(3)10)8(5-2)9(11)12/h4-5H,1-3H3,(H,11,12)/b7-4-,8-5+. The van der Waals surface area contributed by atoms with Crippen LogP contribution in [0.25, 0.3) is 0 Å². The summed E-state index contributed by atoms with van der Waals surface area (Å²) in [5.74, 6) is -1.30. The average Bonchev–Trinajstić information content (AvgIpc) is 1.98. The number of hydrogen-bond donors (Lipinski definition) is 1. The van der Waals surface area contributed by atoms with Crippen LogP contribution in [0.1, 0.15) is 20.8 Å². The summed E-state index contributed by atoms with van der Waals surface area (Å²) in [5.41, 5.74) is 0.315. The lowest BCUT2D eigenvalue weighted by molar-refractivity contribution is -0.132. The minimum absolute atomic E-state index is 0.0602. The van der Waals surface area contributed by atoms with Gasteiger partial charge >= 0.3 is 5.97 Å². The first-order valence-electron chi connectivity index (χ1n) is 3.61. The molecule has 0 rings (SSSR count). The quantitative estimate of drug-likeness (QED) is 0.513. The molecule has 3 heteroatoms. The van der Waals surface area contributed by atoms with Gasteiger partial charge in [0, 0.05) is 5.57 Å². The lowest BCUT2D eigenvalue weighted by Crippen LogP contribution is -2.08. The van der Waals surface area contributed by atoms with Crippen molar-refractivity contribution in [3.63, 3.8) is 0 Å². The molecule has 0 radical (unpaired) electrons. The third-order valence-electron chi connectivity index (χ3n) is 1.48. The van der Waals surface area contributed by atoms with E-state index in [1.807, 2.05) is 0 Å². The van der Waals surface area contributed by atoms with Gasteiger partial charge in [-0.05, 0) is 20.8 Å². The number of Topliss-reactive ketones (excluding diaryl/α,β-unsaturated/α-hetero) is 1. The third-order valence-corrected chi connectivity index (χ3v) is 1.48. The molecule has 0 fully saturated rings. The van der Waals surface area contributed by atoms with E-state index in [4.69, 9.17) is 5.11 Å². The Morgan fingerprint density at radius 1 is 1.08 bits per heavy atom. The van der Waals surface area contributed by atoms with Crippen LogP contribution in [0.5, 0.6) is 0 Å². The lowest BCUT2D eigenvalue weighted by Gasteiger charge is -2.01. The van der Waals surface area contributed by atoms with E-state index < -0.39 is 5.97 Å². The molecule has 0 aromatic rings. The van der Waals surface area contributed by atoms with Gasteiger partial charge in [0.25, 0.3) is 0 Å². The Morgan fingerprint density at radius 2 is 1.50 bits per heavy atom. The Labute approximate surface area is 71.4 Å². The first-order chi connectivity index (χ1) is 5.54. The van der Waals surface area contributed by atoms with Crippen molar-refractivity contribution in [2.45, 2.75) is 20.8 Å². The molecule has 0 saturated carbocycles. The van der Waals surface area contributed by atoms with E-state index in [0.717, 1.165) is 0 Å². The molecule has 0 amide bonds. The summed E-state index contributed by atoms with van der Waals surface area (Å²) in [7, 11) is 0. The van der Waals surface area contributed by atoms with Crippen molar-refractivity contribution in [3.05, 3.63) is 23.3 Å². The van der Waals surface area contributed by atoms with E-state index >= 15 is 0 Å². The second kappa shape index (κ2) is 4.49. The summed E-state index contributed by atoms with van der Waals surface area (Å²) in [6.45, 7) is 4.58. The summed E-state index contributed by atoms with van der Waals surface area (Å²) in [6, 6.07) is 0. The van der Waals surface area contributed by atoms with Crippen molar-refractivity contribution < 1.29 is 14.7 Å². The van der Waals surface area contributed by atoms with Crippen molar-refractivity contribution in [1.29, 1.82) is 0 Å². The van der Waals surface area contributed by atoms with E-state index in [1.54, 1.807) is 13.8 Å². The number of carboxylic acids is 1. The zero-order valence-electron chi connectivity index (χ0n) is 7.42. The first kappa shape index (κ1) is 10.6. The molecule has 0 bridgehead atoms. The Balaban J connectivity index is 4.99. The van der Waals surface area contributed by atoms with E-state index in [0.29, 0.717) is 0 Å². The van der Waals surface area contributed by atoms with Gasteiger partial charge < -0.3 is 5.11 Å². The molecule has 0 unspecified atom stereocenters. The summed E-state index contributed by atoms with van der Waals surface area (Å²) < 4.78 is 0. The number of rotatable bonds is 3. The van der Waals surface area contributed by atoms with Gasteiger partial charge in [-0.2, -0.15) is 0 Å². The second-order valence-corrected chi connectivity index (χ2v) is 2.27. The minimum Gasteiger partial charge on any atom is -0.478 e. The van der Waals surface area contributed by atoms with Crippen LogP contribution in [0, 0.1) is 0 Å². The molecular formula is C9H12O3. The van der Waals surface area contributed by atoms with Crippen molar-refractivity contribution in [3.8, 4) is 0 Å². The van der Waals surface area contributed by atoms with Gasteiger partial charge in [-0.3, -0.25) is 4.79 Å². The van der Waals surface area contributed by atoms with Crippen molar-refractivity contribution in [1.82, 2.24) is 0 Å². The topological polar surface area (TPSA) is 54.4 Å². The van der Waals surface area contributed by atoms with Gasteiger partial charge in [-0.15, -0.1) is 0 Å². The number of allylic oxidation sites excluding steroid dienone is 2. The molecule has 0 saturated heterocycles. The molecule has 66 valence electrons. The first-order valence-corrected chi connectivity index (χ1v) is 3.61. The Hall–Kier alpha value is -1.38. The van der Waals surface area contributed by atoms with Gasteiger partial charge in [0.2, 0.25) is 0 Å². The Morgan fingerprint density at radius 3 is 1.58 bits per heavy atom. The van der Waals surface area contributed by atoms with Gasteiger partial charge in [0.15, 0.2) is 5.78 Å². The molecule has 3 nitrogen and oxygen atoms in total. The summed E-state index contributed by atoms with van der Waals surface area (Å²) in [5, 5.41) is 8.66. The van der Waals surface area contributed by atoms with Crippen LogP contribution in [-0.4, -0.2) is 16.9 Å². The molecule has 0 heterocycles. The normalized spacial score (nSPS) is 12.9. The number of carbonyl (C=O) groups is 2. The summed E-state index contributed by atoms with van der Waals surface area (Å²) >= 11 is 0. The van der Waals surface area contributed by atoms with Gasteiger partial charge in [0.1, 0.15) is 0 Å². The Kier molecular flexibility index (Phi) is 3.97.